The van der Waals surface area contributed by atoms with Gasteiger partial charge in [0.1, 0.15) is 10.1 Å². The summed E-state index contributed by atoms with van der Waals surface area (Å²) in [6.07, 6.45) is 3.46. The van der Waals surface area contributed by atoms with E-state index in [1.165, 1.54) is 12.1 Å². The molecule has 0 aliphatic heterocycles. The third-order valence-corrected chi connectivity index (χ3v) is 2.76. The van der Waals surface area contributed by atoms with Crippen LogP contribution in [-0.2, 0) is 17.2 Å². The number of benzene rings is 1. The van der Waals surface area contributed by atoms with Crippen molar-refractivity contribution in [2.45, 2.75) is 11.8 Å². The van der Waals surface area contributed by atoms with Gasteiger partial charge < -0.3 is 4.55 Å². The second-order valence-electron chi connectivity index (χ2n) is 3.40. The lowest BCUT2D eigenvalue weighted by Crippen LogP contribution is -2.22. The summed E-state index contributed by atoms with van der Waals surface area (Å²) in [5.41, 5.74) is 0.928. The maximum absolute atomic E-state index is 10.4. The highest BCUT2D eigenvalue weighted by molar-refractivity contribution is 7.85. The van der Waals surface area contributed by atoms with Crippen molar-refractivity contribution in [2.24, 2.45) is 7.05 Å². The van der Waals surface area contributed by atoms with Gasteiger partial charge in [-0.05, 0) is 23.8 Å². The van der Waals surface area contributed by atoms with Crippen molar-refractivity contribution in [1.29, 1.82) is 0 Å². The molecule has 1 aromatic heterocycles. The second kappa shape index (κ2) is 5.60. The first-order chi connectivity index (χ1) is 7.89. The first-order valence-corrected chi connectivity index (χ1v) is 6.22. The first-order valence-electron chi connectivity index (χ1n) is 4.82. The number of hydrogen-bond donors (Lipinski definition) is 0. The number of hydrogen-bond acceptors (Lipinski definition) is 4. The van der Waals surface area contributed by atoms with Crippen molar-refractivity contribution in [2.75, 3.05) is 0 Å². The molecular formula is C11H13NO4S. The van der Waals surface area contributed by atoms with Crippen LogP contribution >= 0.6 is 0 Å². The maximum atomic E-state index is 10.4. The molecule has 0 aliphatic carbocycles. The summed E-state index contributed by atoms with van der Waals surface area (Å²) in [7, 11) is -2.44. The monoisotopic (exact) mass is 255 g/mol. The van der Waals surface area contributed by atoms with Crippen molar-refractivity contribution in [3.05, 3.63) is 48.4 Å². The van der Waals surface area contributed by atoms with Crippen LogP contribution in [-0.4, -0.2) is 13.0 Å². The summed E-state index contributed by atoms with van der Waals surface area (Å²) in [5.74, 6) is 0. The van der Waals surface area contributed by atoms with Crippen LogP contribution in [0.15, 0.2) is 52.2 Å². The summed E-state index contributed by atoms with van der Waals surface area (Å²) in [6, 6.07) is 7.62. The van der Waals surface area contributed by atoms with Gasteiger partial charge in [0.25, 0.3) is 0 Å². The number of nitrogens with zero attached hydrogens (tertiary/aromatic N) is 1. The molecule has 0 fully saturated rings. The molecule has 2 aromatic rings. The molecule has 0 spiro atoms. The van der Waals surface area contributed by atoms with E-state index in [0.29, 0.717) is 0 Å². The molecule has 0 bridgehead atoms. The van der Waals surface area contributed by atoms with Crippen LogP contribution in [0, 0.1) is 6.92 Å². The van der Waals surface area contributed by atoms with Gasteiger partial charge in [0.05, 0.1) is 4.90 Å². The van der Waals surface area contributed by atoms with Gasteiger partial charge in [0.15, 0.2) is 13.3 Å². The van der Waals surface area contributed by atoms with Crippen LogP contribution in [0.4, 0.5) is 0 Å². The van der Waals surface area contributed by atoms with Gasteiger partial charge in [0, 0.05) is 6.07 Å². The second-order valence-corrected chi connectivity index (χ2v) is 4.78. The largest absolute Gasteiger partial charge is 0.744 e. The Morgan fingerprint density at radius 3 is 2.12 bits per heavy atom. The normalized spacial score (nSPS) is 10.5. The highest BCUT2D eigenvalue weighted by atomic mass is 32.2. The SMILES string of the molecule is C[n+]1ccco1.Cc1ccc(S(=O)(=O)[O-])cc1. The molecule has 0 saturated carbocycles. The van der Waals surface area contributed by atoms with E-state index in [9.17, 15) is 13.0 Å². The molecule has 1 heterocycles. The molecule has 0 N–H and O–H groups in total. The Kier molecular flexibility index (Phi) is 4.42. The summed E-state index contributed by atoms with van der Waals surface area (Å²) in [4.78, 5) is -0.178. The van der Waals surface area contributed by atoms with Crippen LogP contribution in [0.5, 0.6) is 0 Å². The minimum absolute atomic E-state index is 0.178. The summed E-state index contributed by atoms with van der Waals surface area (Å²) >= 11 is 0. The minimum atomic E-state index is -4.27. The Morgan fingerprint density at radius 2 is 1.82 bits per heavy atom. The average Bonchev–Trinajstić information content (AvgIpc) is 2.69. The Bertz CT molecular complexity index is 544. The lowest BCUT2D eigenvalue weighted by atomic mass is 10.2. The summed E-state index contributed by atoms with van der Waals surface area (Å²) in [5, 5.41) is 0. The smallest absolute Gasteiger partial charge is 0.219 e. The average molecular weight is 255 g/mol. The number of aryl methyl sites for hydroxylation is 2. The van der Waals surface area contributed by atoms with Crippen molar-refractivity contribution in [1.82, 2.24) is 0 Å². The molecule has 0 amide bonds. The quantitative estimate of drug-likeness (QED) is 0.563. The summed E-state index contributed by atoms with van der Waals surface area (Å²) in [6.45, 7) is 1.82. The molecule has 0 atom stereocenters. The van der Waals surface area contributed by atoms with Crippen molar-refractivity contribution >= 4 is 10.1 Å². The Balaban J connectivity index is 0.000000202. The van der Waals surface area contributed by atoms with E-state index in [4.69, 9.17) is 4.52 Å². The van der Waals surface area contributed by atoms with Crippen molar-refractivity contribution < 1.29 is 22.2 Å². The van der Waals surface area contributed by atoms with Crippen LogP contribution in [0.3, 0.4) is 0 Å². The van der Waals surface area contributed by atoms with Crippen LogP contribution in [0.1, 0.15) is 5.56 Å². The van der Waals surface area contributed by atoms with Gasteiger partial charge in [-0.2, -0.15) is 0 Å². The van der Waals surface area contributed by atoms with Gasteiger partial charge in [-0.15, -0.1) is 0 Å². The highest BCUT2D eigenvalue weighted by Crippen LogP contribution is 2.08. The Morgan fingerprint density at radius 1 is 1.24 bits per heavy atom. The molecule has 5 nitrogen and oxygen atoms in total. The lowest BCUT2D eigenvalue weighted by Gasteiger charge is -2.05. The van der Waals surface area contributed by atoms with Gasteiger partial charge in [-0.3, -0.25) is 0 Å². The third-order valence-electron chi connectivity index (χ3n) is 1.91. The molecular weight excluding hydrogens is 242 g/mol. The van der Waals surface area contributed by atoms with E-state index < -0.39 is 10.1 Å². The molecule has 0 aliphatic rings. The molecule has 1 aromatic carbocycles. The highest BCUT2D eigenvalue weighted by Gasteiger charge is 1.97. The van der Waals surface area contributed by atoms with Crippen molar-refractivity contribution in [3.8, 4) is 0 Å². The summed E-state index contributed by atoms with van der Waals surface area (Å²) < 4.78 is 37.5. The van der Waals surface area contributed by atoms with Crippen LogP contribution < -0.4 is 4.74 Å². The van der Waals surface area contributed by atoms with Crippen LogP contribution in [0.2, 0.25) is 0 Å². The Labute approximate surface area is 100 Å². The zero-order chi connectivity index (χ0) is 12.9. The third kappa shape index (κ3) is 4.80. The lowest BCUT2D eigenvalue weighted by molar-refractivity contribution is -0.845. The molecule has 0 unspecified atom stereocenters. The van der Waals surface area contributed by atoms with E-state index in [1.54, 1.807) is 23.1 Å². The van der Waals surface area contributed by atoms with Crippen LogP contribution in [0.25, 0.3) is 0 Å². The maximum Gasteiger partial charge on any atom is 0.219 e. The topological polar surface area (TPSA) is 74.2 Å². The predicted molar refractivity (Wildman–Crippen MR) is 59.0 cm³/mol. The fraction of sp³-hybridized carbons (Fsp3) is 0.182. The van der Waals surface area contributed by atoms with Gasteiger partial charge in [0.2, 0.25) is 6.20 Å². The van der Waals surface area contributed by atoms with Gasteiger partial charge in [-0.25, -0.2) is 12.9 Å². The van der Waals surface area contributed by atoms with E-state index >= 15 is 0 Å². The van der Waals surface area contributed by atoms with Crippen molar-refractivity contribution in [3.63, 3.8) is 0 Å². The number of aromatic nitrogens is 1. The molecule has 92 valence electrons. The zero-order valence-corrected chi connectivity index (χ0v) is 10.3. The molecule has 0 radical (unpaired) electrons. The Hall–Kier alpha value is -1.66. The standard InChI is InChI=1S/C7H8O3S.C4H6NO/c1-6-2-4-7(5-3-6)11(8,9)10;1-5-3-2-4-6-5/h2-5H,1H3,(H,8,9,10);2-4H,1H3/q;+1/p-1. The van der Waals surface area contributed by atoms with E-state index in [-0.39, 0.29) is 4.90 Å². The molecule has 6 heteroatoms. The fourth-order valence-corrected chi connectivity index (χ4v) is 1.50. The zero-order valence-electron chi connectivity index (χ0n) is 9.53. The predicted octanol–water partition coefficient (Wildman–Crippen LogP) is 1.00. The minimum Gasteiger partial charge on any atom is -0.744 e. The molecule has 0 saturated heterocycles. The fourth-order valence-electron chi connectivity index (χ4n) is 1.03. The number of rotatable bonds is 1. The molecule has 17 heavy (non-hydrogen) atoms. The van der Waals surface area contributed by atoms with E-state index in [1.807, 2.05) is 26.2 Å². The van der Waals surface area contributed by atoms with E-state index in [0.717, 1.165) is 5.56 Å². The first kappa shape index (κ1) is 13.4. The van der Waals surface area contributed by atoms with E-state index in [2.05, 4.69) is 0 Å². The molecule has 2 rings (SSSR count). The van der Waals surface area contributed by atoms with Gasteiger partial charge in [-0.1, -0.05) is 17.7 Å². The van der Waals surface area contributed by atoms with Gasteiger partial charge >= 0.3 is 0 Å².